The standard InChI is InChI=1S/C30H41ClN6O4/c1-17-27(26(18(2)32)19(3)38)34-28(24-8-22(6-7-25(24)31)41-14-21(39)11-33-4)35-29(17)37-15-30(16-37)9-20(10-30)36-12-23(13-36)40-5/h6-8,20-21,23,32-33,38-39H,9-16H2,1-5H3/b26-19+,32-18?/t21-/m1/s1. The van der Waals surface area contributed by atoms with Gasteiger partial charge in [0.1, 0.15) is 30.0 Å². The highest BCUT2D eigenvalue weighted by molar-refractivity contribution is 6.33. The van der Waals surface area contributed by atoms with Crippen molar-refractivity contribution >= 4 is 28.7 Å². The van der Waals surface area contributed by atoms with Crippen molar-refractivity contribution in [1.29, 1.82) is 5.41 Å². The lowest BCUT2D eigenvalue weighted by Gasteiger charge is -2.63. The van der Waals surface area contributed by atoms with Crippen LogP contribution in [0.15, 0.2) is 24.0 Å². The van der Waals surface area contributed by atoms with Crippen LogP contribution in [0.5, 0.6) is 5.75 Å². The monoisotopic (exact) mass is 584 g/mol. The zero-order valence-corrected chi connectivity index (χ0v) is 25.3. The third-order valence-corrected chi connectivity index (χ3v) is 8.90. The number of rotatable bonds is 11. The Hall–Kier alpha value is -2.76. The molecule has 4 N–H and O–H groups in total. The molecule has 3 fully saturated rings. The van der Waals surface area contributed by atoms with Gasteiger partial charge in [0, 0.05) is 68.1 Å². The highest BCUT2D eigenvalue weighted by Crippen LogP contribution is 2.52. The van der Waals surface area contributed by atoms with E-state index < -0.39 is 6.10 Å². The summed E-state index contributed by atoms with van der Waals surface area (Å²) in [5.74, 6) is 1.75. The van der Waals surface area contributed by atoms with Crippen molar-refractivity contribution in [2.24, 2.45) is 5.41 Å². The van der Waals surface area contributed by atoms with Crippen LogP contribution >= 0.6 is 11.6 Å². The molecule has 2 saturated heterocycles. The molecule has 0 radical (unpaired) electrons. The first kappa shape index (κ1) is 29.7. The summed E-state index contributed by atoms with van der Waals surface area (Å²) in [5, 5.41) is 32.4. The maximum Gasteiger partial charge on any atom is 0.163 e. The second-order valence-electron chi connectivity index (χ2n) is 11.8. The van der Waals surface area contributed by atoms with Crippen molar-refractivity contribution in [2.75, 3.05) is 58.4 Å². The van der Waals surface area contributed by atoms with Gasteiger partial charge in [0.25, 0.3) is 0 Å². The number of aliphatic hydroxyl groups excluding tert-OH is 2. The summed E-state index contributed by atoms with van der Waals surface area (Å²) in [5.41, 5.74) is 2.81. The van der Waals surface area contributed by atoms with Crippen molar-refractivity contribution in [2.45, 2.75) is 51.9 Å². The van der Waals surface area contributed by atoms with Crippen LogP contribution in [-0.2, 0) is 4.74 Å². The molecule has 1 atom stereocenters. The summed E-state index contributed by atoms with van der Waals surface area (Å²) in [6.07, 6.45) is 2.06. The molecule has 0 amide bonds. The van der Waals surface area contributed by atoms with E-state index in [1.807, 2.05) is 6.92 Å². The number of aliphatic hydroxyl groups is 2. The van der Waals surface area contributed by atoms with Gasteiger partial charge in [-0.05, 0) is 58.9 Å². The summed E-state index contributed by atoms with van der Waals surface area (Å²) in [4.78, 5) is 14.6. The molecule has 222 valence electrons. The molecule has 5 rings (SSSR count). The average Bonchev–Trinajstić information content (AvgIpc) is 2.84. The van der Waals surface area contributed by atoms with Crippen LogP contribution in [0.4, 0.5) is 5.82 Å². The molecular weight excluding hydrogens is 544 g/mol. The molecule has 2 aliphatic heterocycles. The largest absolute Gasteiger partial charge is 0.512 e. The Balaban J connectivity index is 1.43. The van der Waals surface area contributed by atoms with Gasteiger partial charge in [-0.25, -0.2) is 9.97 Å². The number of methoxy groups -OCH3 is 1. The number of allylic oxidation sites excluding steroid dienone is 2. The van der Waals surface area contributed by atoms with E-state index in [1.165, 1.54) is 12.8 Å². The van der Waals surface area contributed by atoms with E-state index in [0.717, 1.165) is 37.6 Å². The fourth-order valence-corrected chi connectivity index (χ4v) is 6.54. The summed E-state index contributed by atoms with van der Waals surface area (Å²) in [7, 11) is 3.55. The molecule has 1 aromatic carbocycles. The van der Waals surface area contributed by atoms with E-state index >= 15 is 0 Å². The molecular formula is C30H41ClN6O4. The third-order valence-electron chi connectivity index (χ3n) is 8.57. The molecule has 1 aromatic heterocycles. The van der Waals surface area contributed by atoms with Crippen molar-refractivity contribution in [3.63, 3.8) is 0 Å². The average molecular weight is 585 g/mol. The Morgan fingerprint density at radius 3 is 2.56 bits per heavy atom. The number of aromatic nitrogens is 2. The number of anilines is 1. The van der Waals surface area contributed by atoms with Gasteiger partial charge in [-0.3, -0.25) is 4.90 Å². The SMILES string of the molecule is CNC[C@@H](O)COc1ccc(Cl)c(-c2nc(/C(C(C)=N)=C(\C)O)c(C)c(N3CC4(CC(N5CC(OC)C5)C4)C3)n2)c1. The quantitative estimate of drug-likeness (QED) is 0.231. The van der Waals surface area contributed by atoms with Gasteiger partial charge in [-0.2, -0.15) is 0 Å². The number of likely N-dealkylation sites (N-methyl/N-ethyl adjacent to an activating group) is 1. The third kappa shape index (κ3) is 5.94. The summed E-state index contributed by atoms with van der Waals surface area (Å²) < 4.78 is 11.3. The topological polar surface area (TPSA) is 127 Å². The minimum atomic E-state index is -0.656. The van der Waals surface area contributed by atoms with Crippen LogP contribution in [-0.4, -0.2) is 103 Å². The number of hydrogen-bond donors (Lipinski definition) is 4. The number of halogens is 1. The van der Waals surface area contributed by atoms with Gasteiger partial charge in [-0.1, -0.05) is 11.6 Å². The van der Waals surface area contributed by atoms with Gasteiger partial charge in [0.15, 0.2) is 5.82 Å². The first-order valence-electron chi connectivity index (χ1n) is 14.2. The molecule has 10 nitrogen and oxygen atoms in total. The lowest BCUT2D eigenvalue weighted by atomic mass is 9.59. The molecule has 0 unspecified atom stereocenters. The number of nitrogens with one attached hydrogen (secondary N) is 2. The molecule has 1 aliphatic carbocycles. The van der Waals surface area contributed by atoms with Gasteiger partial charge < -0.3 is 35.3 Å². The zero-order valence-electron chi connectivity index (χ0n) is 24.5. The minimum absolute atomic E-state index is 0.0312. The van der Waals surface area contributed by atoms with Crippen LogP contribution < -0.4 is 15.0 Å². The number of nitrogens with zero attached hydrogens (tertiary/aromatic N) is 4. The first-order chi connectivity index (χ1) is 19.5. The van der Waals surface area contributed by atoms with Crippen LogP contribution in [0.25, 0.3) is 17.0 Å². The Morgan fingerprint density at radius 1 is 1.24 bits per heavy atom. The number of benzene rings is 1. The lowest BCUT2D eigenvalue weighted by Crippen LogP contribution is -2.70. The highest BCUT2D eigenvalue weighted by atomic mass is 35.5. The molecule has 1 saturated carbocycles. The van der Waals surface area contributed by atoms with E-state index in [0.29, 0.717) is 57.5 Å². The van der Waals surface area contributed by atoms with E-state index in [-0.39, 0.29) is 18.1 Å². The number of ether oxygens (including phenoxy) is 2. The van der Waals surface area contributed by atoms with Crippen molar-refractivity contribution in [3.05, 3.63) is 40.2 Å². The van der Waals surface area contributed by atoms with Crippen LogP contribution in [0.3, 0.4) is 0 Å². The molecule has 41 heavy (non-hydrogen) atoms. The van der Waals surface area contributed by atoms with Gasteiger partial charge in [-0.15, -0.1) is 0 Å². The smallest absolute Gasteiger partial charge is 0.163 e. The van der Waals surface area contributed by atoms with Gasteiger partial charge in [0.05, 0.1) is 22.4 Å². The van der Waals surface area contributed by atoms with Crippen LogP contribution in [0.1, 0.15) is 37.9 Å². The minimum Gasteiger partial charge on any atom is -0.512 e. The van der Waals surface area contributed by atoms with E-state index in [1.54, 1.807) is 46.2 Å². The molecule has 2 aromatic rings. The Bertz CT molecular complexity index is 1330. The van der Waals surface area contributed by atoms with Gasteiger partial charge in [0.2, 0.25) is 0 Å². The van der Waals surface area contributed by atoms with Crippen molar-refractivity contribution in [3.8, 4) is 17.1 Å². The van der Waals surface area contributed by atoms with E-state index in [9.17, 15) is 10.2 Å². The fourth-order valence-electron chi connectivity index (χ4n) is 6.34. The number of likely N-dealkylation sites (tertiary alicyclic amines) is 1. The molecule has 1 spiro atoms. The van der Waals surface area contributed by atoms with E-state index in [2.05, 4.69) is 15.1 Å². The zero-order chi connectivity index (χ0) is 29.5. The number of hydrogen-bond acceptors (Lipinski definition) is 10. The summed E-state index contributed by atoms with van der Waals surface area (Å²) >= 11 is 6.66. The molecule has 3 aliphatic rings. The predicted molar refractivity (Wildman–Crippen MR) is 161 cm³/mol. The molecule has 0 bridgehead atoms. The Labute approximate surface area is 246 Å². The fraction of sp³-hybridized carbons (Fsp3) is 0.567. The van der Waals surface area contributed by atoms with Crippen LogP contribution in [0, 0.1) is 17.7 Å². The van der Waals surface area contributed by atoms with Gasteiger partial charge >= 0.3 is 0 Å². The van der Waals surface area contributed by atoms with Crippen molar-refractivity contribution in [1.82, 2.24) is 20.2 Å². The second kappa shape index (κ2) is 11.9. The maximum atomic E-state index is 10.5. The Morgan fingerprint density at radius 2 is 1.95 bits per heavy atom. The summed E-state index contributed by atoms with van der Waals surface area (Å²) in [6, 6.07) is 5.87. The predicted octanol–water partition coefficient (Wildman–Crippen LogP) is 3.69. The Kier molecular flexibility index (Phi) is 8.59. The summed E-state index contributed by atoms with van der Waals surface area (Å²) in [6.45, 7) is 9.56. The normalized spacial score (nSPS) is 20.2. The van der Waals surface area contributed by atoms with Crippen molar-refractivity contribution < 1.29 is 19.7 Å². The molecule has 3 heterocycles. The maximum absolute atomic E-state index is 10.5. The molecule has 11 heteroatoms. The second-order valence-corrected chi connectivity index (χ2v) is 12.2. The highest BCUT2D eigenvalue weighted by Gasteiger charge is 2.55. The van der Waals surface area contributed by atoms with Crippen LogP contribution in [0.2, 0.25) is 5.02 Å². The van der Waals surface area contributed by atoms with E-state index in [4.69, 9.17) is 36.5 Å². The lowest BCUT2D eigenvalue weighted by molar-refractivity contribution is -0.106. The first-order valence-corrected chi connectivity index (χ1v) is 14.5.